The summed E-state index contributed by atoms with van der Waals surface area (Å²) in [6.07, 6.45) is 9.22. The number of benzene rings is 5. The molecule has 8 rings (SSSR count). The van der Waals surface area contributed by atoms with Gasteiger partial charge in [0.1, 0.15) is 17.2 Å². The summed E-state index contributed by atoms with van der Waals surface area (Å²) in [5.74, 6) is 0.869. The first kappa shape index (κ1) is 36.4. The third kappa shape index (κ3) is 6.62. The molecule has 5 aromatic carbocycles. The molecule has 1 unspecified atom stereocenters. The highest BCUT2D eigenvalue weighted by atomic mass is 16.5. The number of aryl methyl sites for hydroxylation is 1. The first-order valence-corrected chi connectivity index (χ1v) is 19.8. The minimum Gasteiger partial charge on any atom is -0.459 e. The van der Waals surface area contributed by atoms with E-state index in [1.54, 1.807) is 0 Å². The number of amides is 1. The number of unbranched alkanes of at least 4 members (excludes halogenated alkanes) is 4. The first-order valence-electron chi connectivity index (χ1n) is 19.8. The van der Waals surface area contributed by atoms with Gasteiger partial charge in [-0.25, -0.2) is 4.79 Å². The van der Waals surface area contributed by atoms with Crippen molar-refractivity contribution in [2.24, 2.45) is 4.99 Å². The second-order valence-electron chi connectivity index (χ2n) is 15.6. The number of esters is 1. The van der Waals surface area contributed by atoms with Gasteiger partial charge in [-0.15, -0.1) is 0 Å². The lowest BCUT2D eigenvalue weighted by Crippen LogP contribution is -2.61. The molecule has 0 N–H and O–H groups in total. The van der Waals surface area contributed by atoms with Gasteiger partial charge in [0, 0.05) is 55.6 Å². The Labute approximate surface area is 324 Å². The zero-order valence-electron chi connectivity index (χ0n) is 32.4. The van der Waals surface area contributed by atoms with Crippen molar-refractivity contribution in [3.63, 3.8) is 0 Å². The lowest BCUT2D eigenvalue weighted by Gasteiger charge is -2.45. The molecule has 3 aliphatic rings. The SMILES string of the molecule is CCCCCCCc1ccc(C(=O)Oc2ccc(N3CCN(C(=O)c4cccc5c6c(ccc45)OC4(C=N6)N(C)c5ccccc5C4(C)C)CC3)cc2)cc1. The van der Waals surface area contributed by atoms with Crippen LogP contribution in [0.2, 0.25) is 0 Å². The van der Waals surface area contributed by atoms with Gasteiger partial charge in [0.25, 0.3) is 5.91 Å². The van der Waals surface area contributed by atoms with Crippen LogP contribution in [0.25, 0.3) is 10.8 Å². The van der Waals surface area contributed by atoms with Crippen LogP contribution < -0.4 is 19.3 Å². The topological polar surface area (TPSA) is 74.7 Å². The predicted octanol–water partition coefficient (Wildman–Crippen LogP) is 9.75. The summed E-state index contributed by atoms with van der Waals surface area (Å²) in [5.41, 5.74) is 5.48. The fourth-order valence-corrected chi connectivity index (χ4v) is 8.57. The highest BCUT2D eigenvalue weighted by molar-refractivity contribution is 6.11. The minimum atomic E-state index is -0.769. The van der Waals surface area contributed by atoms with Gasteiger partial charge >= 0.3 is 5.97 Å². The van der Waals surface area contributed by atoms with Crippen molar-refractivity contribution in [1.82, 2.24) is 4.90 Å². The van der Waals surface area contributed by atoms with Crippen LogP contribution in [-0.2, 0) is 11.8 Å². The maximum absolute atomic E-state index is 14.0. The molecule has 1 amide bonds. The van der Waals surface area contributed by atoms with Gasteiger partial charge in [0.2, 0.25) is 5.72 Å². The molecule has 5 aromatic rings. The molecule has 3 heterocycles. The molecule has 8 nitrogen and oxygen atoms in total. The summed E-state index contributed by atoms with van der Waals surface area (Å²) in [6.45, 7) is 9.21. The number of hydrogen-bond donors (Lipinski definition) is 0. The van der Waals surface area contributed by atoms with Crippen LogP contribution >= 0.6 is 0 Å². The van der Waals surface area contributed by atoms with Gasteiger partial charge in [-0.05, 0) is 104 Å². The van der Waals surface area contributed by atoms with E-state index in [-0.39, 0.29) is 17.3 Å². The van der Waals surface area contributed by atoms with E-state index < -0.39 is 5.72 Å². The van der Waals surface area contributed by atoms with Crippen LogP contribution in [0.5, 0.6) is 11.5 Å². The summed E-state index contributed by atoms with van der Waals surface area (Å²) in [4.78, 5) is 38.3. The lowest BCUT2D eigenvalue weighted by molar-refractivity contribution is 0.0731. The number of likely N-dealkylation sites (N-methyl/N-ethyl adjacent to an activating group) is 1. The van der Waals surface area contributed by atoms with Crippen molar-refractivity contribution in [2.75, 3.05) is 43.0 Å². The highest BCUT2D eigenvalue weighted by Gasteiger charge is 2.58. The molecule has 282 valence electrons. The van der Waals surface area contributed by atoms with Gasteiger partial charge in [-0.1, -0.05) is 75.1 Å². The Morgan fingerprint density at radius 1 is 0.782 bits per heavy atom. The normalized spacial score (nSPS) is 18.3. The molecule has 3 aliphatic heterocycles. The van der Waals surface area contributed by atoms with Crippen LogP contribution in [0.4, 0.5) is 17.1 Å². The Hall–Kier alpha value is -5.63. The molecular weight excluding hydrogens is 685 g/mol. The molecule has 0 aromatic heterocycles. The second kappa shape index (κ2) is 14.9. The number of para-hydroxylation sites is 1. The van der Waals surface area contributed by atoms with Crippen LogP contribution in [0.3, 0.4) is 0 Å². The summed E-state index contributed by atoms with van der Waals surface area (Å²) < 4.78 is 12.6. The number of carbonyl (C=O) groups excluding carboxylic acids is 2. The van der Waals surface area contributed by atoms with Crippen LogP contribution in [0.15, 0.2) is 108 Å². The number of anilines is 2. The number of aliphatic imine (C=N–C) groups is 1. The highest BCUT2D eigenvalue weighted by Crippen LogP contribution is 2.54. The molecule has 1 saturated heterocycles. The lowest BCUT2D eigenvalue weighted by atomic mass is 9.77. The van der Waals surface area contributed by atoms with Crippen LogP contribution in [-0.4, -0.2) is 61.9 Å². The van der Waals surface area contributed by atoms with Crippen LogP contribution in [0, 0.1) is 0 Å². The van der Waals surface area contributed by atoms with Gasteiger partial charge in [0.05, 0.1) is 17.2 Å². The molecule has 0 aliphatic carbocycles. The number of hydrogen-bond acceptors (Lipinski definition) is 7. The zero-order valence-corrected chi connectivity index (χ0v) is 32.4. The number of piperazine rings is 1. The Balaban J connectivity index is 0.889. The van der Waals surface area contributed by atoms with Crippen molar-refractivity contribution in [2.45, 2.75) is 70.4 Å². The molecular formula is C47H50N4O4. The van der Waals surface area contributed by atoms with E-state index in [4.69, 9.17) is 14.5 Å². The van der Waals surface area contributed by atoms with Crippen LogP contribution in [0.1, 0.15) is 84.7 Å². The Morgan fingerprint density at radius 3 is 2.27 bits per heavy atom. The summed E-state index contributed by atoms with van der Waals surface area (Å²) in [6, 6.07) is 33.7. The Kier molecular flexibility index (Phi) is 9.84. The number of fused-ring (bicyclic) bond motifs is 4. The first-order chi connectivity index (χ1) is 26.7. The molecule has 1 atom stereocenters. The minimum absolute atomic E-state index is 0.0109. The number of nitrogens with zero attached hydrogens (tertiary/aromatic N) is 4. The number of ether oxygens (including phenoxy) is 2. The maximum Gasteiger partial charge on any atom is 0.343 e. The van der Waals surface area contributed by atoms with E-state index in [0.717, 1.165) is 34.3 Å². The molecule has 0 radical (unpaired) electrons. The van der Waals surface area contributed by atoms with Crippen molar-refractivity contribution >= 4 is 45.9 Å². The average molecular weight is 735 g/mol. The van der Waals surface area contributed by atoms with E-state index >= 15 is 0 Å². The Bertz CT molecular complexity index is 2240. The summed E-state index contributed by atoms with van der Waals surface area (Å²) >= 11 is 0. The summed E-state index contributed by atoms with van der Waals surface area (Å²) in [5, 5.41) is 1.77. The van der Waals surface area contributed by atoms with E-state index in [1.807, 2.05) is 90.0 Å². The second-order valence-corrected chi connectivity index (χ2v) is 15.6. The standard InChI is InChI=1S/C47H50N4O4/c1-5-6-7-8-9-13-33-18-20-34(21-19-33)45(53)54-36-24-22-35(23-25-36)50-28-30-51(31-29-50)44(52)39-15-12-14-38-37(39)26-27-42-43(38)48-32-47(55-42)46(2,3)40-16-10-11-17-41(40)49(47)4/h10-12,14-27,32H,5-9,13,28-31H2,1-4H3. The molecule has 55 heavy (non-hydrogen) atoms. The smallest absolute Gasteiger partial charge is 0.343 e. The molecule has 0 saturated carbocycles. The van der Waals surface area contributed by atoms with Gasteiger partial charge < -0.3 is 24.2 Å². The van der Waals surface area contributed by atoms with Crippen molar-refractivity contribution in [1.29, 1.82) is 0 Å². The molecule has 1 spiro atoms. The average Bonchev–Trinajstić information content (AvgIpc) is 3.38. The third-order valence-corrected chi connectivity index (χ3v) is 11.9. The maximum atomic E-state index is 14.0. The molecule has 8 heteroatoms. The quantitative estimate of drug-likeness (QED) is 0.0809. The fraction of sp³-hybridized carbons (Fsp3) is 0.340. The van der Waals surface area contributed by atoms with E-state index in [9.17, 15) is 9.59 Å². The van der Waals surface area contributed by atoms with Crippen molar-refractivity contribution in [3.8, 4) is 11.5 Å². The summed E-state index contributed by atoms with van der Waals surface area (Å²) in [7, 11) is 2.06. The number of rotatable bonds is 10. The van der Waals surface area contributed by atoms with E-state index in [2.05, 4.69) is 61.9 Å². The molecule has 1 fully saturated rings. The van der Waals surface area contributed by atoms with Crippen molar-refractivity contribution < 1.29 is 19.1 Å². The molecule has 0 bridgehead atoms. The number of carbonyl (C=O) groups is 2. The van der Waals surface area contributed by atoms with Gasteiger partial charge in [-0.3, -0.25) is 9.79 Å². The van der Waals surface area contributed by atoms with Gasteiger partial charge in [-0.2, -0.15) is 0 Å². The third-order valence-electron chi connectivity index (χ3n) is 11.9. The van der Waals surface area contributed by atoms with Crippen molar-refractivity contribution in [3.05, 3.63) is 125 Å². The fourth-order valence-electron chi connectivity index (χ4n) is 8.57. The zero-order chi connectivity index (χ0) is 38.2. The van der Waals surface area contributed by atoms with E-state index in [0.29, 0.717) is 48.8 Å². The van der Waals surface area contributed by atoms with Gasteiger partial charge in [0.15, 0.2) is 0 Å². The van der Waals surface area contributed by atoms with E-state index in [1.165, 1.54) is 43.2 Å². The predicted molar refractivity (Wildman–Crippen MR) is 222 cm³/mol. The monoisotopic (exact) mass is 734 g/mol. The Morgan fingerprint density at radius 2 is 1.53 bits per heavy atom. The largest absolute Gasteiger partial charge is 0.459 e.